The lowest BCUT2D eigenvalue weighted by Crippen LogP contribution is -2.39. The molecule has 29 heavy (non-hydrogen) atoms. The number of nitrogens with one attached hydrogen (secondary N) is 1. The van der Waals surface area contributed by atoms with Crippen LogP contribution in [0.2, 0.25) is 0 Å². The Morgan fingerprint density at radius 2 is 1.52 bits per heavy atom. The molecule has 2 aromatic carbocycles. The summed E-state index contributed by atoms with van der Waals surface area (Å²) in [5, 5.41) is 4.48. The summed E-state index contributed by atoms with van der Waals surface area (Å²) >= 11 is 0. The molecular weight excluding hydrogens is 358 g/mol. The van der Waals surface area contributed by atoms with Gasteiger partial charge in [-0.3, -0.25) is 9.69 Å². The van der Waals surface area contributed by atoms with Crippen LogP contribution >= 0.6 is 0 Å². The van der Waals surface area contributed by atoms with Crippen LogP contribution in [0.15, 0.2) is 65.8 Å². The zero-order valence-corrected chi connectivity index (χ0v) is 17.1. The van der Waals surface area contributed by atoms with Crippen molar-refractivity contribution in [3.8, 4) is 0 Å². The van der Waals surface area contributed by atoms with E-state index >= 15 is 0 Å². The fourth-order valence-corrected chi connectivity index (χ4v) is 4.54. The van der Waals surface area contributed by atoms with Crippen molar-refractivity contribution in [2.75, 3.05) is 13.1 Å². The van der Waals surface area contributed by atoms with Gasteiger partial charge in [-0.25, -0.2) is 5.43 Å². The van der Waals surface area contributed by atoms with Crippen LogP contribution in [0.25, 0.3) is 0 Å². The van der Waals surface area contributed by atoms with Gasteiger partial charge in [-0.2, -0.15) is 5.10 Å². The monoisotopic (exact) mass is 389 g/mol. The lowest BCUT2D eigenvalue weighted by Gasteiger charge is -2.31. The summed E-state index contributed by atoms with van der Waals surface area (Å²) in [6.45, 7) is 2.92. The van der Waals surface area contributed by atoms with Gasteiger partial charge in [0.05, 0.1) is 0 Å². The Morgan fingerprint density at radius 1 is 0.897 bits per heavy atom. The molecule has 1 amide bonds. The van der Waals surface area contributed by atoms with Crippen molar-refractivity contribution >= 4 is 11.6 Å². The van der Waals surface area contributed by atoms with Crippen molar-refractivity contribution in [3.05, 3.63) is 71.8 Å². The van der Waals surface area contributed by atoms with E-state index in [1.807, 2.05) is 0 Å². The maximum atomic E-state index is 12.6. The Labute approximate surface area is 174 Å². The van der Waals surface area contributed by atoms with Gasteiger partial charge in [0, 0.05) is 18.2 Å². The van der Waals surface area contributed by atoms with E-state index < -0.39 is 0 Å². The van der Waals surface area contributed by atoms with Gasteiger partial charge in [0.2, 0.25) is 5.91 Å². The standard InChI is InChI=1S/C25H31N3O/c29-25(23-15-17-28(18-16-23)19-20-7-3-1-4-8-20)27-26-24-13-11-22(12-14-24)21-9-5-2-6-10-21/h1-10,22-23H,11-19H2,(H,27,29). The Hall–Kier alpha value is -2.46. The number of rotatable bonds is 5. The first kappa shape index (κ1) is 19.8. The van der Waals surface area contributed by atoms with E-state index in [0.29, 0.717) is 5.92 Å². The van der Waals surface area contributed by atoms with Gasteiger partial charge in [-0.05, 0) is 68.7 Å². The van der Waals surface area contributed by atoms with E-state index in [1.54, 1.807) is 0 Å². The zero-order valence-electron chi connectivity index (χ0n) is 17.1. The highest BCUT2D eigenvalue weighted by molar-refractivity contribution is 5.87. The van der Waals surface area contributed by atoms with Crippen molar-refractivity contribution in [1.82, 2.24) is 10.3 Å². The van der Waals surface area contributed by atoms with E-state index in [4.69, 9.17) is 0 Å². The Kier molecular flexibility index (Phi) is 6.73. The summed E-state index contributed by atoms with van der Waals surface area (Å²) in [7, 11) is 0. The van der Waals surface area contributed by atoms with Crippen molar-refractivity contribution < 1.29 is 4.79 Å². The van der Waals surface area contributed by atoms with Crippen LogP contribution < -0.4 is 5.43 Å². The number of hydrogen-bond donors (Lipinski definition) is 1. The average Bonchev–Trinajstić information content (AvgIpc) is 2.80. The van der Waals surface area contributed by atoms with Gasteiger partial charge < -0.3 is 0 Å². The summed E-state index contributed by atoms with van der Waals surface area (Å²) in [6.07, 6.45) is 6.04. The summed E-state index contributed by atoms with van der Waals surface area (Å²) in [4.78, 5) is 15.0. The third kappa shape index (κ3) is 5.54. The second-order valence-electron chi connectivity index (χ2n) is 8.38. The van der Waals surface area contributed by atoms with E-state index in [9.17, 15) is 4.79 Å². The summed E-state index contributed by atoms with van der Waals surface area (Å²) in [6, 6.07) is 21.3. The van der Waals surface area contributed by atoms with Crippen LogP contribution in [0.3, 0.4) is 0 Å². The molecule has 2 aromatic rings. The van der Waals surface area contributed by atoms with Gasteiger partial charge in [-0.15, -0.1) is 0 Å². The van der Waals surface area contributed by atoms with Crippen molar-refractivity contribution in [2.45, 2.75) is 51.0 Å². The molecule has 4 heteroatoms. The van der Waals surface area contributed by atoms with Crippen molar-refractivity contribution in [3.63, 3.8) is 0 Å². The van der Waals surface area contributed by atoms with E-state index in [1.165, 1.54) is 11.1 Å². The molecule has 1 aliphatic carbocycles. The molecule has 0 atom stereocenters. The molecular formula is C25H31N3O. The number of nitrogens with zero attached hydrogens (tertiary/aromatic N) is 2. The molecule has 4 nitrogen and oxygen atoms in total. The SMILES string of the molecule is O=C(NN=C1CCC(c2ccccc2)CC1)C1CCN(Cc2ccccc2)CC1. The smallest absolute Gasteiger partial charge is 0.243 e. The number of hydrazone groups is 1. The highest BCUT2D eigenvalue weighted by atomic mass is 16.2. The maximum absolute atomic E-state index is 12.6. The van der Waals surface area contributed by atoms with Crippen molar-refractivity contribution in [1.29, 1.82) is 0 Å². The molecule has 2 fully saturated rings. The predicted molar refractivity (Wildman–Crippen MR) is 118 cm³/mol. The molecule has 1 saturated heterocycles. The number of piperidine rings is 1. The molecule has 0 bridgehead atoms. The van der Waals surface area contributed by atoms with Crippen LogP contribution in [0.4, 0.5) is 0 Å². The molecule has 0 radical (unpaired) electrons. The van der Waals surface area contributed by atoms with Crippen LogP contribution in [-0.2, 0) is 11.3 Å². The van der Waals surface area contributed by atoms with Gasteiger partial charge in [0.15, 0.2) is 0 Å². The van der Waals surface area contributed by atoms with Gasteiger partial charge >= 0.3 is 0 Å². The highest BCUT2D eigenvalue weighted by Crippen LogP contribution is 2.31. The zero-order chi connectivity index (χ0) is 19.9. The molecule has 4 rings (SSSR count). The first-order valence-corrected chi connectivity index (χ1v) is 10.9. The molecule has 2 aliphatic rings. The molecule has 1 heterocycles. The summed E-state index contributed by atoms with van der Waals surface area (Å²) in [5.41, 5.74) is 6.79. The third-order valence-electron chi connectivity index (χ3n) is 6.37. The second-order valence-corrected chi connectivity index (χ2v) is 8.38. The molecule has 1 N–H and O–H groups in total. The normalized spacial score (nSPS) is 21.0. The summed E-state index contributed by atoms with van der Waals surface area (Å²) in [5.74, 6) is 0.814. The van der Waals surface area contributed by atoms with Crippen LogP contribution in [0, 0.1) is 5.92 Å². The maximum Gasteiger partial charge on any atom is 0.243 e. The lowest BCUT2D eigenvalue weighted by atomic mass is 9.83. The molecule has 0 aromatic heterocycles. The van der Waals surface area contributed by atoms with E-state index in [-0.39, 0.29) is 11.8 Å². The number of hydrogen-bond acceptors (Lipinski definition) is 3. The first-order valence-electron chi connectivity index (χ1n) is 10.9. The second kappa shape index (κ2) is 9.84. The van der Waals surface area contributed by atoms with Crippen LogP contribution in [0.1, 0.15) is 55.6 Å². The van der Waals surface area contributed by atoms with Gasteiger partial charge in [0.25, 0.3) is 0 Å². The molecule has 0 spiro atoms. The summed E-state index contributed by atoms with van der Waals surface area (Å²) < 4.78 is 0. The minimum atomic E-state index is 0.0898. The topological polar surface area (TPSA) is 44.7 Å². The minimum absolute atomic E-state index is 0.0898. The molecule has 0 unspecified atom stereocenters. The highest BCUT2D eigenvalue weighted by Gasteiger charge is 2.25. The number of amides is 1. The number of benzene rings is 2. The number of carbonyl (C=O) groups is 1. The predicted octanol–water partition coefficient (Wildman–Crippen LogP) is 4.73. The largest absolute Gasteiger partial charge is 0.299 e. The minimum Gasteiger partial charge on any atom is -0.299 e. The first-order chi connectivity index (χ1) is 14.3. The van der Waals surface area contributed by atoms with E-state index in [0.717, 1.165) is 63.9 Å². The fraction of sp³-hybridized carbons (Fsp3) is 0.440. The van der Waals surface area contributed by atoms with Crippen molar-refractivity contribution in [2.24, 2.45) is 11.0 Å². The Bertz CT molecular complexity index is 800. The molecule has 152 valence electrons. The van der Waals surface area contributed by atoms with Gasteiger partial charge in [0.1, 0.15) is 0 Å². The van der Waals surface area contributed by atoms with Gasteiger partial charge in [-0.1, -0.05) is 60.7 Å². The molecule has 1 aliphatic heterocycles. The average molecular weight is 390 g/mol. The number of carbonyl (C=O) groups excluding carboxylic acids is 1. The van der Waals surface area contributed by atoms with Crippen LogP contribution in [0.5, 0.6) is 0 Å². The third-order valence-corrected chi connectivity index (χ3v) is 6.37. The fourth-order valence-electron chi connectivity index (χ4n) is 4.54. The van der Waals surface area contributed by atoms with E-state index in [2.05, 4.69) is 76.1 Å². The van der Waals surface area contributed by atoms with Crippen LogP contribution in [-0.4, -0.2) is 29.6 Å². The Balaban J connectivity index is 1.19. The molecule has 1 saturated carbocycles. The quantitative estimate of drug-likeness (QED) is 0.752. The Morgan fingerprint density at radius 3 is 2.17 bits per heavy atom. The number of likely N-dealkylation sites (tertiary alicyclic amines) is 1. The lowest BCUT2D eigenvalue weighted by molar-refractivity contribution is -0.126.